The molecule has 0 unspecified atom stereocenters. The minimum Gasteiger partial charge on any atom is -0.379 e. The van der Waals surface area contributed by atoms with Crippen molar-refractivity contribution in [2.75, 3.05) is 45.9 Å². The summed E-state index contributed by atoms with van der Waals surface area (Å²) in [6, 6.07) is 5.47. The van der Waals surface area contributed by atoms with Gasteiger partial charge in [-0.05, 0) is 49.9 Å². The molecule has 8 heteroatoms. The first-order valence-corrected chi connectivity index (χ1v) is 11.6. The van der Waals surface area contributed by atoms with Crippen LogP contribution in [0.3, 0.4) is 0 Å². The average molecular weight is 477 g/mol. The Labute approximate surface area is 185 Å². The summed E-state index contributed by atoms with van der Waals surface area (Å²) in [6.45, 7) is 6.92. The molecule has 7 nitrogen and oxygen atoms in total. The minimum absolute atomic E-state index is 0.101. The summed E-state index contributed by atoms with van der Waals surface area (Å²) in [5.41, 5.74) is 0.570. The molecule has 2 saturated heterocycles. The van der Waals surface area contributed by atoms with Gasteiger partial charge in [-0.1, -0.05) is 15.9 Å². The van der Waals surface area contributed by atoms with E-state index in [9.17, 15) is 9.59 Å². The van der Waals surface area contributed by atoms with Crippen LogP contribution in [0.4, 0.5) is 0 Å². The molecule has 0 spiro atoms. The fraction of sp³-hybridized carbons (Fsp3) is 0.591. The zero-order chi connectivity index (χ0) is 20.9. The van der Waals surface area contributed by atoms with Crippen LogP contribution in [-0.2, 0) is 16.1 Å². The Hall–Kier alpha value is -1.77. The molecule has 1 amide bonds. The number of benzene rings is 1. The number of carbonyl (C=O) groups excluding carboxylic acids is 1. The van der Waals surface area contributed by atoms with E-state index in [2.05, 4.69) is 25.8 Å². The standard InChI is InChI=1S/C22H29BrN4O3/c23-18-1-2-20-19(15-18)22(29)27(16-24-20)10-6-21(28)26-8-4-17(5-9-26)3-7-25-11-13-30-14-12-25/h1-2,15-17H,3-14H2. The number of aryl methyl sites for hydroxylation is 1. The third-order valence-electron chi connectivity index (χ3n) is 6.28. The van der Waals surface area contributed by atoms with Gasteiger partial charge in [0.15, 0.2) is 0 Å². The highest BCUT2D eigenvalue weighted by atomic mass is 79.9. The lowest BCUT2D eigenvalue weighted by Crippen LogP contribution is -2.41. The average Bonchev–Trinajstić information content (AvgIpc) is 2.78. The van der Waals surface area contributed by atoms with E-state index in [1.54, 1.807) is 17.0 Å². The monoisotopic (exact) mass is 476 g/mol. The molecule has 0 aliphatic carbocycles. The van der Waals surface area contributed by atoms with Crippen molar-refractivity contribution in [1.29, 1.82) is 0 Å². The molecular formula is C22H29BrN4O3. The predicted octanol–water partition coefficient (Wildman–Crippen LogP) is 2.51. The van der Waals surface area contributed by atoms with Crippen molar-refractivity contribution < 1.29 is 9.53 Å². The van der Waals surface area contributed by atoms with E-state index in [1.165, 1.54) is 6.42 Å². The summed E-state index contributed by atoms with van der Waals surface area (Å²) < 4.78 is 7.80. The normalized spacial score (nSPS) is 18.8. The quantitative estimate of drug-likeness (QED) is 0.640. The number of hydrogen-bond donors (Lipinski definition) is 0. The second-order valence-corrected chi connectivity index (χ2v) is 9.14. The summed E-state index contributed by atoms with van der Waals surface area (Å²) in [5, 5.41) is 0.570. The summed E-state index contributed by atoms with van der Waals surface area (Å²) in [5.74, 6) is 0.825. The van der Waals surface area contributed by atoms with Crippen LogP contribution < -0.4 is 5.56 Å². The Morgan fingerprint density at radius 2 is 1.90 bits per heavy atom. The summed E-state index contributed by atoms with van der Waals surface area (Å²) in [6.07, 6.45) is 5.22. The first-order chi connectivity index (χ1) is 14.6. The van der Waals surface area contributed by atoms with E-state index >= 15 is 0 Å². The number of aromatic nitrogens is 2. The van der Waals surface area contributed by atoms with Gasteiger partial charge in [-0.2, -0.15) is 0 Å². The lowest BCUT2D eigenvalue weighted by Gasteiger charge is -2.34. The minimum atomic E-state index is -0.101. The summed E-state index contributed by atoms with van der Waals surface area (Å²) >= 11 is 3.40. The van der Waals surface area contributed by atoms with Gasteiger partial charge in [-0.3, -0.25) is 19.1 Å². The highest BCUT2D eigenvalue weighted by Gasteiger charge is 2.23. The molecule has 0 saturated carbocycles. The fourth-order valence-electron chi connectivity index (χ4n) is 4.33. The Morgan fingerprint density at radius 3 is 2.67 bits per heavy atom. The van der Waals surface area contributed by atoms with Crippen molar-refractivity contribution in [2.45, 2.75) is 32.2 Å². The smallest absolute Gasteiger partial charge is 0.261 e. The molecule has 3 heterocycles. The molecule has 4 rings (SSSR count). The maximum atomic E-state index is 12.7. The molecule has 30 heavy (non-hydrogen) atoms. The van der Waals surface area contributed by atoms with Crippen LogP contribution in [-0.4, -0.2) is 71.2 Å². The lowest BCUT2D eigenvalue weighted by molar-refractivity contribution is -0.132. The first kappa shape index (κ1) is 21.5. The van der Waals surface area contributed by atoms with Crippen molar-refractivity contribution >= 4 is 32.7 Å². The number of hydrogen-bond acceptors (Lipinski definition) is 5. The number of likely N-dealkylation sites (tertiary alicyclic amines) is 1. The number of piperidine rings is 1. The van der Waals surface area contributed by atoms with Gasteiger partial charge in [0.1, 0.15) is 0 Å². The number of morpholine rings is 1. The van der Waals surface area contributed by atoms with Crippen molar-refractivity contribution in [3.63, 3.8) is 0 Å². The topological polar surface area (TPSA) is 67.7 Å². The molecular weight excluding hydrogens is 448 g/mol. The van der Waals surface area contributed by atoms with E-state index in [-0.39, 0.29) is 11.5 Å². The van der Waals surface area contributed by atoms with Crippen molar-refractivity contribution in [3.8, 4) is 0 Å². The molecule has 2 aliphatic rings. The van der Waals surface area contributed by atoms with E-state index in [4.69, 9.17) is 4.74 Å². The van der Waals surface area contributed by atoms with Gasteiger partial charge >= 0.3 is 0 Å². The molecule has 2 aromatic rings. The Morgan fingerprint density at radius 1 is 1.13 bits per heavy atom. The maximum Gasteiger partial charge on any atom is 0.261 e. The Kier molecular flexibility index (Phi) is 7.17. The number of rotatable bonds is 6. The zero-order valence-electron chi connectivity index (χ0n) is 17.3. The first-order valence-electron chi connectivity index (χ1n) is 10.8. The van der Waals surface area contributed by atoms with E-state index < -0.39 is 0 Å². The molecule has 2 aliphatic heterocycles. The van der Waals surface area contributed by atoms with Gasteiger partial charge in [0, 0.05) is 43.6 Å². The van der Waals surface area contributed by atoms with Crippen LogP contribution in [0.5, 0.6) is 0 Å². The predicted molar refractivity (Wildman–Crippen MR) is 120 cm³/mol. The van der Waals surface area contributed by atoms with Gasteiger partial charge in [0.2, 0.25) is 5.91 Å². The molecule has 2 fully saturated rings. The highest BCUT2D eigenvalue weighted by molar-refractivity contribution is 9.10. The molecule has 1 aromatic carbocycles. The molecule has 0 N–H and O–H groups in total. The van der Waals surface area contributed by atoms with Crippen LogP contribution >= 0.6 is 15.9 Å². The van der Waals surface area contributed by atoms with Crippen LogP contribution in [0.1, 0.15) is 25.7 Å². The number of fused-ring (bicyclic) bond motifs is 1. The Bertz CT molecular complexity index is 934. The third-order valence-corrected chi connectivity index (χ3v) is 6.77. The molecule has 1 aromatic heterocycles. The SMILES string of the molecule is O=C(CCn1cnc2ccc(Br)cc2c1=O)N1CCC(CCN2CCOCC2)CC1. The van der Waals surface area contributed by atoms with E-state index in [0.29, 0.717) is 29.8 Å². The molecule has 0 radical (unpaired) electrons. The van der Waals surface area contributed by atoms with Crippen LogP contribution in [0, 0.1) is 5.92 Å². The maximum absolute atomic E-state index is 12.7. The van der Waals surface area contributed by atoms with Gasteiger partial charge in [-0.25, -0.2) is 4.98 Å². The largest absolute Gasteiger partial charge is 0.379 e. The lowest BCUT2D eigenvalue weighted by atomic mass is 9.93. The Balaban J connectivity index is 1.25. The molecule has 0 bridgehead atoms. The van der Waals surface area contributed by atoms with E-state index in [0.717, 1.165) is 63.3 Å². The molecule has 0 atom stereocenters. The zero-order valence-corrected chi connectivity index (χ0v) is 18.8. The number of amides is 1. The fourth-order valence-corrected chi connectivity index (χ4v) is 4.69. The van der Waals surface area contributed by atoms with Crippen LogP contribution in [0.2, 0.25) is 0 Å². The summed E-state index contributed by atoms with van der Waals surface area (Å²) in [4.78, 5) is 34.1. The van der Waals surface area contributed by atoms with Gasteiger partial charge in [-0.15, -0.1) is 0 Å². The van der Waals surface area contributed by atoms with Crippen molar-refractivity contribution in [3.05, 3.63) is 39.4 Å². The number of carbonyl (C=O) groups is 1. The second-order valence-electron chi connectivity index (χ2n) is 8.22. The molecule has 162 valence electrons. The third kappa shape index (κ3) is 5.28. The van der Waals surface area contributed by atoms with E-state index in [1.807, 2.05) is 17.0 Å². The number of nitrogens with zero attached hydrogens (tertiary/aromatic N) is 4. The van der Waals surface area contributed by atoms with Gasteiger partial charge in [0.05, 0.1) is 30.4 Å². The highest BCUT2D eigenvalue weighted by Crippen LogP contribution is 2.22. The van der Waals surface area contributed by atoms with Crippen LogP contribution in [0.15, 0.2) is 33.8 Å². The summed E-state index contributed by atoms with van der Waals surface area (Å²) in [7, 11) is 0. The number of ether oxygens (including phenoxy) is 1. The van der Waals surface area contributed by atoms with Crippen molar-refractivity contribution in [2.24, 2.45) is 5.92 Å². The van der Waals surface area contributed by atoms with Crippen molar-refractivity contribution in [1.82, 2.24) is 19.4 Å². The van der Waals surface area contributed by atoms with Crippen LogP contribution in [0.25, 0.3) is 10.9 Å². The second kappa shape index (κ2) is 10.0. The van der Waals surface area contributed by atoms with Gasteiger partial charge in [0.25, 0.3) is 5.56 Å². The number of halogens is 1. The van der Waals surface area contributed by atoms with Gasteiger partial charge < -0.3 is 9.64 Å².